The van der Waals surface area contributed by atoms with Gasteiger partial charge in [0.05, 0.1) is 5.97 Å². The molecule has 134 valence electrons. The summed E-state index contributed by atoms with van der Waals surface area (Å²) in [7, 11) is 2.73. The number of rotatable bonds is 4. The molecule has 0 aliphatic heterocycles. The number of aromatic nitrogens is 4. The van der Waals surface area contributed by atoms with E-state index in [1.165, 1.54) is 32.3 Å². The molecule has 0 bridgehead atoms. The van der Waals surface area contributed by atoms with Crippen LogP contribution in [0, 0.1) is 5.82 Å². The van der Waals surface area contributed by atoms with Crippen molar-refractivity contribution in [3.05, 3.63) is 50.9 Å². The number of carboxylic acid groups (broad SMARTS) is 1. The van der Waals surface area contributed by atoms with Crippen LogP contribution in [0.3, 0.4) is 0 Å². The molecule has 0 spiro atoms. The average molecular weight is 375 g/mol. The predicted molar refractivity (Wildman–Crippen MR) is 91.1 cm³/mol. The summed E-state index contributed by atoms with van der Waals surface area (Å²) in [6.45, 7) is 0. The average Bonchev–Trinajstić information content (AvgIpc) is 2.62. The molecule has 3 rings (SSSR count). The fourth-order valence-corrected chi connectivity index (χ4v) is 3.15. The lowest BCUT2D eigenvalue weighted by Gasteiger charge is -2.12. The minimum atomic E-state index is -1.34. The molecule has 0 unspecified atom stereocenters. The fourth-order valence-electron chi connectivity index (χ4n) is 2.42. The normalized spacial score (nSPS) is 11.0. The van der Waals surface area contributed by atoms with Gasteiger partial charge in [-0.15, -0.1) is 0 Å². The van der Waals surface area contributed by atoms with Crippen molar-refractivity contribution in [2.24, 2.45) is 14.1 Å². The summed E-state index contributed by atoms with van der Waals surface area (Å²) in [5.41, 5.74) is -0.875. The molecule has 0 amide bonds. The highest BCUT2D eigenvalue weighted by molar-refractivity contribution is 8.00. The standard InChI is InChI=1S/C16H13FN4O4S/c1-20-13-11(15(24)21(2)16(20)25)14(26-7-10(22)23)19-12(18-13)8-4-3-5-9(17)6-8/h3-6H,7H2,1-2H3,(H,22,23)/p-1. The van der Waals surface area contributed by atoms with E-state index in [4.69, 9.17) is 0 Å². The number of aliphatic carboxylic acids is 1. The molecule has 0 aliphatic rings. The summed E-state index contributed by atoms with van der Waals surface area (Å²) < 4.78 is 15.6. The van der Waals surface area contributed by atoms with Crippen molar-refractivity contribution in [1.29, 1.82) is 0 Å². The highest BCUT2D eigenvalue weighted by Gasteiger charge is 2.18. The number of carboxylic acids is 1. The van der Waals surface area contributed by atoms with E-state index in [1.807, 2.05) is 0 Å². The van der Waals surface area contributed by atoms with Crippen molar-refractivity contribution < 1.29 is 14.3 Å². The highest BCUT2D eigenvalue weighted by Crippen LogP contribution is 2.26. The maximum Gasteiger partial charge on any atom is 0.332 e. The fraction of sp³-hybridized carbons (Fsp3) is 0.188. The third-order valence-corrected chi connectivity index (χ3v) is 4.63. The van der Waals surface area contributed by atoms with Crippen LogP contribution in [0.25, 0.3) is 22.4 Å². The van der Waals surface area contributed by atoms with Crippen molar-refractivity contribution in [3.63, 3.8) is 0 Å². The first-order valence-electron chi connectivity index (χ1n) is 7.36. The molecule has 3 aromatic rings. The second-order valence-electron chi connectivity index (χ2n) is 5.43. The van der Waals surface area contributed by atoms with Gasteiger partial charge in [-0.25, -0.2) is 19.2 Å². The van der Waals surface area contributed by atoms with Crippen LogP contribution in [0.1, 0.15) is 0 Å². The molecule has 2 heterocycles. The van der Waals surface area contributed by atoms with E-state index >= 15 is 0 Å². The third kappa shape index (κ3) is 3.10. The Balaban J connectivity index is 2.38. The molecular weight excluding hydrogens is 363 g/mol. The smallest absolute Gasteiger partial charge is 0.332 e. The Labute approximate surface area is 149 Å². The largest absolute Gasteiger partial charge is 0.549 e. The van der Waals surface area contributed by atoms with Crippen LogP contribution in [-0.4, -0.2) is 30.8 Å². The number of hydrogen-bond acceptors (Lipinski definition) is 7. The number of hydrogen-bond donors (Lipinski definition) is 0. The molecule has 0 aliphatic carbocycles. The van der Waals surface area contributed by atoms with Crippen molar-refractivity contribution in [2.75, 3.05) is 5.75 Å². The lowest BCUT2D eigenvalue weighted by Crippen LogP contribution is -2.37. The van der Waals surface area contributed by atoms with Gasteiger partial charge in [0.15, 0.2) is 11.5 Å². The first kappa shape index (κ1) is 17.8. The van der Waals surface area contributed by atoms with Gasteiger partial charge in [-0.2, -0.15) is 0 Å². The summed E-state index contributed by atoms with van der Waals surface area (Å²) in [6.07, 6.45) is 0. The Kier molecular flexibility index (Phi) is 4.60. The topological polar surface area (TPSA) is 110 Å². The number of nitrogens with zero attached hydrogens (tertiary/aromatic N) is 4. The lowest BCUT2D eigenvalue weighted by molar-refractivity contribution is -0.301. The minimum absolute atomic E-state index is 0.0148. The molecule has 8 nitrogen and oxygen atoms in total. The maximum absolute atomic E-state index is 13.5. The van der Waals surface area contributed by atoms with Gasteiger partial charge in [-0.1, -0.05) is 23.9 Å². The van der Waals surface area contributed by atoms with E-state index in [-0.39, 0.29) is 21.9 Å². The molecular formula is C16H12FN4O4S-. The van der Waals surface area contributed by atoms with Gasteiger partial charge >= 0.3 is 5.69 Å². The number of benzene rings is 1. The van der Waals surface area contributed by atoms with E-state index in [9.17, 15) is 23.9 Å². The second kappa shape index (κ2) is 6.71. The predicted octanol–water partition coefficient (Wildman–Crippen LogP) is -0.325. The zero-order valence-corrected chi connectivity index (χ0v) is 14.5. The van der Waals surface area contributed by atoms with Crippen molar-refractivity contribution in [2.45, 2.75) is 5.03 Å². The number of halogens is 1. The van der Waals surface area contributed by atoms with E-state index in [0.29, 0.717) is 5.56 Å². The van der Waals surface area contributed by atoms with Gasteiger partial charge in [-0.05, 0) is 12.1 Å². The van der Waals surface area contributed by atoms with Crippen LogP contribution >= 0.6 is 11.8 Å². The van der Waals surface area contributed by atoms with Gasteiger partial charge in [0.25, 0.3) is 5.56 Å². The monoisotopic (exact) mass is 375 g/mol. The highest BCUT2D eigenvalue weighted by atomic mass is 32.2. The van der Waals surface area contributed by atoms with E-state index in [2.05, 4.69) is 9.97 Å². The van der Waals surface area contributed by atoms with Gasteiger partial charge in [0.1, 0.15) is 16.2 Å². The van der Waals surface area contributed by atoms with Gasteiger partial charge in [-0.3, -0.25) is 13.9 Å². The quantitative estimate of drug-likeness (QED) is 0.454. The van der Waals surface area contributed by atoms with Crippen LogP contribution in [0.5, 0.6) is 0 Å². The Bertz CT molecular complexity index is 1160. The molecule has 0 fully saturated rings. The van der Waals surface area contributed by atoms with E-state index in [0.717, 1.165) is 20.9 Å². The summed E-state index contributed by atoms with van der Waals surface area (Å²) >= 11 is 0.773. The van der Waals surface area contributed by atoms with E-state index < -0.39 is 28.8 Å². The lowest BCUT2D eigenvalue weighted by atomic mass is 10.2. The number of carbonyl (C=O) groups excluding carboxylic acids is 1. The third-order valence-electron chi connectivity index (χ3n) is 3.68. The van der Waals surface area contributed by atoms with Crippen LogP contribution in [0.4, 0.5) is 4.39 Å². The summed E-state index contributed by atoms with van der Waals surface area (Å²) in [5.74, 6) is -2.22. The van der Waals surface area contributed by atoms with Crippen LogP contribution < -0.4 is 16.4 Å². The Hall–Kier alpha value is -3.01. The zero-order valence-electron chi connectivity index (χ0n) is 13.7. The van der Waals surface area contributed by atoms with Crippen LogP contribution in [0.2, 0.25) is 0 Å². The van der Waals surface area contributed by atoms with Crippen molar-refractivity contribution in [1.82, 2.24) is 19.1 Å². The molecule has 2 aromatic heterocycles. The van der Waals surface area contributed by atoms with Crippen LogP contribution in [-0.2, 0) is 18.9 Å². The van der Waals surface area contributed by atoms with Crippen molar-refractivity contribution in [3.8, 4) is 11.4 Å². The molecule has 0 atom stereocenters. The molecule has 0 saturated carbocycles. The SMILES string of the molecule is Cn1c(=O)c2c(SCC(=O)[O-])nc(-c3cccc(F)c3)nc2n(C)c1=O. The molecule has 0 N–H and O–H groups in total. The summed E-state index contributed by atoms with van der Waals surface area (Å²) in [5, 5.41) is 10.9. The number of aryl methyl sites for hydroxylation is 1. The Morgan fingerprint density at radius 2 is 1.96 bits per heavy atom. The van der Waals surface area contributed by atoms with Crippen LogP contribution in [0.15, 0.2) is 38.9 Å². The van der Waals surface area contributed by atoms with Gasteiger partial charge in [0, 0.05) is 25.4 Å². The summed E-state index contributed by atoms with van der Waals surface area (Å²) in [6, 6.07) is 5.49. The summed E-state index contributed by atoms with van der Waals surface area (Å²) in [4.78, 5) is 44.0. The first-order valence-corrected chi connectivity index (χ1v) is 8.34. The zero-order chi connectivity index (χ0) is 19.0. The number of fused-ring (bicyclic) bond motifs is 1. The molecule has 0 saturated heterocycles. The number of carbonyl (C=O) groups is 1. The Morgan fingerprint density at radius 3 is 2.62 bits per heavy atom. The first-order chi connectivity index (χ1) is 12.3. The molecule has 0 radical (unpaired) electrons. The molecule has 1 aromatic carbocycles. The minimum Gasteiger partial charge on any atom is -0.549 e. The maximum atomic E-state index is 13.5. The second-order valence-corrected chi connectivity index (χ2v) is 6.39. The van der Waals surface area contributed by atoms with Gasteiger partial charge < -0.3 is 9.90 Å². The number of thioether (sulfide) groups is 1. The van der Waals surface area contributed by atoms with Gasteiger partial charge in [0.2, 0.25) is 0 Å². The Morgan fingerprint density at radius 1 is 1.23 bits per heavy atom. The molecule has 26 heavy (non-hydrogen) atoms. The van der Waals surface area contributed by atoms with E-state index in [1.54, 1.807) is 6.07 Å². The molecule has 10 heteroatoms. The van der Waals surface area contributed by atoms with Crippen molar-refractivity contribution >= 4 is 28.8 Å².